The maximum Gasteiger partial charge on any atom is 0.255 e. The van der Waals surface area contributed by atoms with E-state index in [1.165, 1.54) is 6.33 Å². The summed E-state index contributed by atoms with van der Waals surface area (Å²) in [4.78, 5) is 23.4. The van der Waals surface area contributed by atoms with Gasteiger partial charge in [-0.3, -0.25) is 4.79 Å². The molecule has 4 rings (SSSR count). The van der Waals surface area contributed by atoms with Crippen molar-refractivity contribution in [3.63, 3.8) is 0 Å². The molecule has 1 fully saturated rings. The Morgan fingerprint density at radius 3 is 2.96 bits per heavy atom. The smallest absolute Gasteiger partial charge is 0.255 e. The first-order chi connectivity index (χ1) is 12.5. The Morgan fingerprint density at radius 1 is 1.27 bits per heavy atom. The average molecular weight is 390 g/mol. The largest absolute Gasteiger partial charge is 0.338 e. The third-order valence-electron chi connectivity index (χ3n) is 4.69. The molecule has 6 nitrogen and oxygen atoms in total. The van der Waals surface area contributed by atoms with Gasteiger partial charge in [0.1, 0.15) is 6.33 Å². The molecule has 1 unspecified atom stereocenters. The number of aryl methyl sites for hydroxylation is 1. The van der Waals surface area contributed by atoms with Crippen LogP contribution < -0.4 is 0 Å². The summed E-state index contributed by atoms with van der Waals surface area (Å²) >= 11 is 12.3. The number of halogens is 2. The van der Waals surface area contributed by atoms with Gasteiger partial charge < -0.3 is 4.90 Å². The van der Waals surface area contributed by atoms with E-state index in [4.69, 9.17) is 23.2 Å². The Labute approximate surface area is 160 Å². The van der Waals surface area contributed by atoms with Crippen LogP contribution in [0, 0.1) is 6.92 Å². The summed E-state index contributed by atoms with van der Waals surface area (Å²) < 4.78 is 1.76. The summed E-state index contributed by atoms with van der Waals surface area (Å²) in [5.41, 5.74) is 2.36. The molecule has 2 aromatic heterocycles. The second kappa shape index (κ2) is 6.85. The van der Waals surface area contributed by atoms with E-state index in [2.05, 4.69) is 15.1 Å². The van der Waals surface area contributed by atoms with Crippen molar-refractivity contribution in [1.82, 2.24) is 24.5 Å². The van der Waals surface area contributed by atoms with Crippen molar-refractivity contribution in [2.45, 2.75) is 25.7 Å². The normalized spacial score (nSPS) is 17.7. The predicted octanol–water partition coefficient (Wildman–Crippen LogP) is 3.76. The summed E-state index contributed by atoms with van der Waals surface area (Å²) in [6.45, 7) is 3.23. The minimum atomic E-state index is -0.0946. The summed E-state index contributed by atoms with van der Waals surface area (Å²) in [7, 11) is 0. The molecule has 134 valence electrons. The van der Waals surface area contributed by atoms with E-state index >= 15 is 0 Å². The van der Waals surface area contributed by atoms with E-state index in [9.17, 15) is 4.79 Å². The topological polar surface area (TPSA) is 63.4 Å². The fraction of sp³-hybridized carbons (Fsp3) is 0.333. The molecule has 3 heterocycles. The van der Waals surface area contributed by atoms with Crippen molar-refractivity contribution >= 4 is 34.9 Å². The van der Waals surface area contributed by atoms with Gasteiger partial charge in [-0.05, 0) is 44.0 Å². The van der Waals surface area contributed by atoms with Gasteiger partial charge in [0.2, 0.25) is 0 Å². The number of aromatic nitrogens is 4. The molecule has 26 heavy (non-hydrogen) atoms. The van der Waals surface area contributed by atoms with Gasteiger partial charge in [-0.1, -0.05) is 23.2 Å². The zero-order valence-electron chi connectivity index (χ0n) is 14.2. The number of piperidine rings is 1. The molecule has 3 aromatic rings. The van der Waals surface area contributed by atoms with Crippen molar-refractivity contribution in [3.8, 4) is 0 Å². The van der Waals surface area contributed by atoms with Crippen molar-refractivity contribution in [3.05, 3.63) is 57.6 Å². The number of likely N-dealkylation sites (tertiary alicyclic amines) is 1. The molecule has 0 spiro atoms. The number of amides is 1. The molecule has 1 saturated heterocycles. The van der Waals surface area contributed by atoms with Crippen LogP contribution in [-0.4, -0.2) is 43.5 Å². The number of fused-ring (bicyclic) bond motifs is 1. The van der Waals surface area contributed by atoms with E-state index < -0.39 is 0 Å². The van der Waals surface area contributed by atoms with E-state index in [1.807, 2.05) is 17.9 Å². The van der Waals surface area contributed by atoms with Crippen LogP contribution in [0.15, 0.2) is 30.6 Å². The molecule has 8 heteroatoms. The standard InChI is InChI=1S/C18H17Cl2N5O/c1-11-7-16(25-18(23-11)21-10-22-25)12-3-2-6-24(9-12)17(26)14-8-13(19)4-5-15(14)20/h4-5,7-8,10,12H,2-3,6,9H2,1H3. The highest BCUT2D eigenvalue weighted by atomic mass is 35.5. The summed E-state index contributed by atoms with van der Waals surface area (Å²) in [6.07, 6.45) is 3.39. The Morgan fingerprint density at radius 2 is 2.12 bits per heavy atom. The lowest BCUT2D eigenvalue weighted by Crippen LogP contribution is -2.39. The van der Waals surface area contributed by atoms with Gasteiger partial charge in [-0.25, -0.2) is 9.50 Å². The van der Waals surface area contributed by atoms with Crippen LogP contribution in [0.5, 0.6) is 0 Å². The Bertz CT molecular complexity index is 987. The van der Waals surface area contributed by atoms with Crippen molar-refractivity contribution in [1.29, 1.82) is 0 Å². The summed E-state index contributed by atoms with van der Waals surface area (Å²) in [6, 6.07) is 6.99. The highest BCUT2D eigenvalue weighted by Crippen LogP contribution is 2.30. The first kappa shape index (κ1) is 17.2. The highest BCUT2D eigenvalue weighted by molar-refractivity contribution is 6.35. The molecule has 1 amide bonds. The van der Waals surface area contributed by atoms with Crippen molar-refractivity contribution in [2.75, 3.05) is 13.1 Å². The predicted molar refractivity (Wildman–Crippen MR) is 99.9 cm³/mol. The Balaban J connectivity index is 1.64. The molecule has 0 bridgehead atoms. The number of carbonyl (C=O) groups is 1. The monoisotopic (exact) mass is 389 g/mol. The van der Waals surface area contributed by atoms with E-state index in [-0.39, 0.29) is 11.8 Å². The molecule has 0 N–H and O–H groups in total. The first-order valence-electron chi connectivity index (χ1n) is 8.44. The van der Waals surface area contributed by atoms with Crippen LogP contribution in [0.1, 0.15) is 40.5 Å². The van der Waals surface area contributed by atoms with Crippen molar-refractivity contribution < 1.29 is 4.79 Å². The van der Waals surface area contributed by atoms with Crippen LogP contribution in [0.25, 0.3) is 5.78 Å². The van der Waals surface area contributed by atoms with Gasteiger partial charge in [-0.2, -0.15) is 10.1 Å². The maximum atomic E-state index is 13.0. The van der Waals surface area contributed by atoms with E-state index in [0.717, 1.165) is 24.2 Å². The first-order valence-corrected chi connectivity index (χ1v) is 9.20. The number of hydrogen-bond acceptors (Lipinski definition) is 4. The maximum absolute atomic E-state index is 13.0. The third kappa shape index (κ3) is 3.15. The lowest BCUT2D eigenvalue weighted by Gasteiger charge is -2.33. The zero-order valence-corrected chi connectivity index (χ0v) is 15.7. The SMILES string of the molecule is Cc1cc(C2CCCN(C(=O)c3cc(Cl)ccc3Cl)C2)n2ncnc2n1. The van der Waals surface area contributed by atoms with Gasteiger partial charge in [-0.15, -0.1) is 0 Å². The third-order valence-corrected chi connectivity index (χ3v) is 5.26. The second-order valence-electron chi connectivity index (χ2n) is 6.51. The summed E-state index contributed by atoms with van der Waals surface area (Å²) in [5, 5.41) is 5.21. The highest BCUT2D eigenvalue weighted by Gasteiger charge is 2.28. The number of hydrogen-bond donors (Lipinski definition) is 0. The number of benzene rings is 1. The average Bonchev–Trinajstić information content (AvgIpc) is 3.11. The summed E-state index contributed by atoms with van der Waals surface area (Å²) in [5.74, 6) is 0.653. The Kier molecular flexibility index (Phi) is 4.54. The fourth-order valence-corrected chi connectivity index (χ4v) is 3.85. The molecule has 0 saturated carbocycles. The molecule has 0 radical (unpaired) electrons. The molecule has 1 aromatic carbocycles. The lowest BCUT2D eigenvalue weighted by molar-refractivity contribution is 0.0705. The van der Waals surface area contributed by atoms with Crippen molar-refractivity contribution in [2.24, 2.45) is 0 Å². The van der Waals surface area contributed by atoms with E-state index in [0.29, 0.717) is 34.5 Å². The number of carbonyl (C=O) groups excluding carboxylic acids is 1. The van der Waals surface area contributed by atoms with Gasteiger partial charge in [0.25, 0.3) is 11.7 Å². The van der Waals surface area contributed by atoms with Gasteiger partial charge in [0.05, 0.1) is 16.3 Å². The van der Waals surface area contributed by atoms with Gasteiger partial charge >= 0.3 is 0 Å². The molecular formula is C18H17Cl2N5O. The van der Waals surface area contributed by atoms with Gasteiger partial charge in [0, 0.05) is 29.7 Å². The fourth-order valence-electron chi connectivity index (χ4n) is 3.48. The number of nitrogens with zero attached hydrogens (tertiary/aromatic N) is 5. The van der Waals surface area contributed by atoms with Crippen LogP contribution in [0.4, 0.5) is 0 Å². The van der Waals surface area contributed by atoms with Crippen LogP contribution in [0.3, 0.4) is 0 Å². The quantitative estimate of drug-likeness (QED) is 0.669. The molecule has 1 aliphatic rings. The number of rotatable bonds is 2. The van der Waals surface area contributed by atoms with Crippen LogP contribution >= 0.6 is 23.2 Å². The van der Waals surface area contributed by atoms with Crippen LogP contribution in [-0.2, 0) is 0 Å². The van der Waals surface area contributed by atoms with Gasteiger partial charge in [0.15, 0.2) is 0 Å². The molecule has 1 atom stereocenters. The molecule has 1 aliphatic heterocycles. The minimum Gasteiger partial charge on any atom is -0.338 e. The Hall–Kier alpha value is -2.18. The van der Waals surface area contributed by atoms with Crippen LogP contribution in [0.2, 0.25) is 10.0 Å². The minimum absolute atomic E-state index is 0.0946. The second-order valence-corrected chi connectivity index (χ2v) is 7.35. The molecular weight excluding hydrogens is 373 g/mol. The lowest BCUT2D eigenvalue weighted by atomic mass is 9.93. The molecule has 0 aliphatic carbocycles. The van der Waals surface area contributed by atoms with E-state index in [1.54, 1.807) is 22.7 Å². The zero-order chi connectivity index (χ0) is 18.3.